The van der Waals surface area contributed by atoms with Gasteiger partial charge in [-0.15, -0.1) is 0 Å². The topological polar surface area (TPSA) is 53.7 Å². The maximum atomic E-state index is 6.18. The van der Waals surface area contributed by atoms with E-state index in [1.165, 1.54) is 22.3 Å². The molecule has 1 aliphatic rings. The number of allylic oxidation sites excluding steroid dienone is 4. The van der Waals surface area contributed by atoms with Crippen molar-refractivity contribution in [3.63, 3.8) is 0 Å². The fourth-order valence-electron chi connectivity index (χ4n) is 3.54. The molecule has 2 rings (SSSR count). The summed E-state index contributed by atoms with van der Waals surface area (Å²) in [7, 11) is 0. The van der Waals surface area contributed by atoms with Gasteiger partial charge in [0.2, 0.25) is 0 Å². The summed E-state index contributed by atoms with van der Waals surface area (Å²) in [5.41, 5.74) is 7.14. The monoisotopic (exact) mass is 390 g/mol. The maximum Gasteiger partial charge on any atom is 0.149 e. The number of hydrogen-bond donors (Lipinski definition) is 2. The molecule has 3 N–H and O–H groups in total. The van der Waals surface area contributed by atoms with Gasteiger partial charge in [-0.05, 0) is 62.5 Å². The van der Waals surface area contributed by atoms with Gasteiger partial charge in [-0.2, -0.15) is 0 Å². The molecule has 0 radical (unpaired) electrons. The second-order valence-electron chi connectivity index (χ2n) is 7.51. The molecule has 1 unspecified atom stereocenters. The Hall–Kier alpha value is -2.85. The van der Waals surface area contributed by atoms with E-state index >= 15 is 0 Å². The molecule has 0 spiro atoms. The number of nitrogens with two attached hydrogens (primary N) is 1. The third kappa shape index (κ3) is 5.81. The highest BCUT2D eigenvalue weighted by Crippen LogP contribution is 2.36. The molecule has 4 nitrogen and oxygen atoms in total. The Kier molecular flexibility index (Phi) is 8.22. The predicted molar refractivity (Wildman–Crippen MR) is 126 cm³/mol. The molecule has 0 fully saturated rings. The second kappa shape index (κ2) is 10.6. The fraction of sp³-hybridized carbons (Fsp3) is 0.320. The van der Waals surface area contributed by atoms with Gasteiger partial charge in [0.05, 0.1) is 0 Å². The molecule has 0 bridgehead atoms. The lowest BCUT2D eigenvalue weighted by atomic mass is 9.82. The van der Waals surface area contributed by atoms with Crippen molar-refractivity contribution in [2.75, 3.05) is 6.54 Å². The highest BCUT2D eigenvalue weighted by atomic mass is 15.4. The van der Waals surface area contributed by atoms with Crippen molar-refractivity contribution in [1.82, 2.24) is 10.3 Å². The van der Waals surface area contributed by atoms with Crippen molar-refractivity contribution in [3.05, 3.63) is 88.6 Å². The van der Waals surface area contributed by atoms with Crippen LogP contribution in [0.3, 0.4) is 0 Å². The Morgan fingerprint density at radius 2 is 2.10 bits per heavy atom. The lowest BCUT2D eigenvalue weighted by molar-refractivity contribution is 0.477. The highest BCUT2D eigenvalue weighted by Gasteiger charge is 2.22. The summed E-state index contributed by atoms with van der Waals surface area (Å²) in [4.78, 5) is 4.53. The van der Waals surface area contributed by atoms with Crippen LogP contribution in [0, 0.1) is 6.92 Å². The van der Waals surface area contributed by atoms with Gasteiger partial charge < -0.3 is 5.32 Å². The van der Waals surface area contributed by atoms with Crippen LogP contribution in [-0.2, 0) is 0 Å². The van der Waals surface area contributed by atoms with E-state index in [1.807, 2.05) is 19.2 Å². The Morgan fingerprint density at radius 3 is 2.72 bits per heavy atom. The number of nitrogens with one attached hydrogen (secondary N) is 1. The van der Waals surface area contributed by atoms with Crippen LogP contribution in [-0.4, -0.2) is 17.8 Å². The van der Waals surface area contributed by atoms with Crippen LogP contribution < -0.4 is 11.2 Å². The van der Waals surface area contributed by atoms with E-state index in [4.69, 9.17) is 5.84 Å². The Bertz CT molecular complexity index is 884. The fourth-order valence-corrected chi connectivity index (χ4v) is 3.54. The number of hydrazine groups is 1. The molecule has 1 aromatic carbocycles. The summed E-state index contributed by atoms with van der Waals surface area (Å²) < 4.78 is 0. The molecule has 0 amide bonds. The number of nitrogens with zero attached hydrogens (tertiary/aromatic N) is 2. The van der Waals surface area contributed by atoms with Crippen molar-refractivity contribution in [3.8, 4) is 0 Å². The first-order chi connectivity index (χ1) is 13.9. The molecule has 154 valence electrons. The normalized spacial score (nSPS) is 17.0. The van der Waals surface area contributed by atoms with E-state index in [2.05, 4.69) is 81.1 Å². The quantitative estimate of drug-likeness (QED) is 0.450. The summed E-state index contributed by atoms with van der Waals surface area (Å²) in [6, 6.07) is 6.65. The van der Waals surface area contributed by atoms with Gasteiger partial charge in [-0.3, -0.25) is 5.01 Å². The molecular weight excluding hydrogens is 356 g/mol. The molecule has 1 aromatic rings. The maximum absolute atomic E-state index is 6.18. The van der Waals surface area contributed by atoms with Crippen molar-refractivity contribution < 1.29 is 0 Å². The number of aliphatic imine (C=N–C) groups is 1. The standard InChI is InChI=1S/C25H34N4/c1-7-10-21-12-11-19(5)15-23(21)22(8-2)24(17-27-16-18(3)4)20(6)25-28-13-9-14-29(25)26/h7,9-15,17,22,27H,3,8,16,26H2,1-2,4-6H3/b10-7-,24-17-,25-20+. The van der Waals surface area contributed by atoms with Gasteiger partial charge in [0, 0.05) is 31.1 Å². The average molecular weight is 391 g/mol. The minimum Gasteiger partial charge on any atom is -0.387 e. The van der Waals surface area contributed by atoms with Crippen molar-refractivity contribution in [1.29, 1.82) is 0 Å². The highest BCUT2D eigenvalue weighted by molar-refractivity contribution is 5.73. The van der Waals surface area contributed by atoms with E-state index < -0.39 is 0 Å². The summed E-state index contributed by atoms with van der Waals surface area (Å²) in [6.45, 7) is 15.3. The van der Waals surface area contributed by atoms with Crippen LogP contribution in [0.5, 0.6) is 0 Å². The Balaban J connectivity index is 2.62. The van der Waals surface area contributed by atoms with Gasteiger partial charge >= 0.3 is 0 Å². The van der Waals surface area contributed by atoms with Crippen LogP contribution in [0.25, 0.3) is 6.08 Å². The molecule has 4 heteroatoms. The number of hydrogen-bond acceptors (Lipinski definition) is 4. The number of benzene rings is 1. The number of aryl methyl sites for hydroxylation is 1. The molecular formula is C25H34N4. The lowest BCUT2D eigenvalue weighted by Gasteiger charge is -2.26. The van der Waals surface area contributed by atoms with Crippen LogP contribution in [0.4, 0.5) is 0 Å². The smallest absolute Gasteiger partial charge is 0.149 e. The lowest BCUT2D eigenvalue weighted by Crippen LogP contribution is -2.27. The summed E-state index contributed by atoms with van der Waals surface area (Å²) in [6.07, 6.45) is 12.8. The Labute approximate surface area is 175 Å². The molecule has 1 aliphatic heterocycles. The molecule has 0 aromatic heterocycles. The first-order valence-electron chi connectivity index (χ1n) is 10.2. The first kappa shape index (κ1) is 22.4. The van der Waals surface area contributed by atoms with Crippen LogP contribution in [0.1, 0.15) is 56.7 Å². The van der Waals surface area contributed by atoms with E-state index in [0.29, 0.717) is 0 Å². The summed E-state index contributed by atoms with van der Waals surface area (Å²) in [5, 5.41) is 5.01. The zero-order valence-electron chi connectivity index (χ0n) is 18.4. The van der Waals surface area contributed by atoms with Crippen molar-refractivity contribution >= 4 is 12.3 Å². The minimum atomic E-state index is 0.209. The molecule has 29 heavy (non-hydrogen) atoms. The zero-order valence-corrected chi connectivity index (χ0v) is 18.4. The SMILES string of the molecule is C=C(C)CN/C=C(/C(C)=C1\N=CC=CN1N)C(CC)c1cc(C)ccc1/C=C\C. The van der Waals surface area contributed by atoms with E-state index in [1.54, 1.807) is 11.2 Å². The van der Waals surface area contributed by atoms with Crippen LogP contribution >= 0.6 is 0 Å². The summed E-state index contributed by atoms with van der Waals surface area (Å²) in [5.74, 6) is 7.15. The third-order valence-electron chi connectivity index (χ3n) is 4.95. The molecule has 1 atom stereocenters. The van der Waals surface area contributed by atoms with Gasteiger partial charge in [-0.1, -0.05) is 55.0 Å². The van der Waals surface area contributed by atoms with Crippen LogP contribution in [0.15, 0.2) is 76.9 Å². The van der Waals surface area contributed by atoms with Gasteiger partial charge in [0.1, 0.15) is 5.82 Å². The molecule has 0 saturated heterocycles. The molecule has 1 heterocycles. The number of rotatable bonds is 8. The Morgan fingerprint density at radius 1 is 1.34 bits per heavy atom. The minimum absolute atomic E-state index is 0.209. The van der Waals surface area contributed by atoms with E-state index in [9.17, 15) is 0 Å². The first-order valence-corrected chi connectivity index (χ1v) is 10.2. The van der Waals surface area contributed by atoms with Crippen molar-refractivity contribution in [2.24, 2.45) is 10.8 Å². The summed E-state index contributed by atoms with van der Waals surface area (Å²) >= 11 is 0. The van der Waals surface area contributed by atoms with Gasteiger partial charge in [0.15, 0.2) is 0 Å². The van der Waals surface area contributed by atoms with E-state index in [0.717, 1.165) is 29.9 Å². The van der Waals surface area contributed by atoms with Crippen LogP contribution in [0.2, 0.25) is 0 Å². The molecule has 0 aliphatic carbocycles. The van der Waals surface area contributed by atoms with Gasteiger partial charge in [-0.25, -0.2) is 10.8 Å². The molecule has 0 saturated carbocycles. The third-order valence-corrected chi connectivity index (χ3v) is 4.95. The van der Waals surface area contributed by atoms with E-state index in [-0.39, 0.29) is 5.92 Å². The van der Waals surface area contributed by atoms with Crippen molar-refractivity contribution in [2.45, 2.75) is 47.0 Å². The predicted octanol–water partition coefficient (Wildman–Crippen LogP) is 5.58. The second-order valence-corrected chi connectivity index (χ2v) is 7.51. The largest absolute Gasteiger partial charge is 0.387 e. The zero-order chi connectivity index (χ0) is 21.4. The van der Waals surface area contributed by atoms with Gasteiger partial charge in [0.25, 0.3) is 0 Å². The average Bonchev–Trinajstić information content (AvgIpc) is 2.69.